The molecule has 1 saturated heterocycles. The Labute approximate surface area is 140 Å². The minimum atomic E-state index is -0.106. The molecule has 1 aliphatic heterocycles. The summed E-state index contributed by atoms with van der Waals surface area (Å²) in [6.45, 7) is 5.55. The highest BCUT2D eigenvalue weighted by Gasteiger charge is 2.23. The van der Waals surface area contributed by atoms with E-state index in [1.54, 1.807) is 19.4 Å². The Morgan fingerprint density at radius 3 is 3.04 bits per heavy atom. The molecule has 130 valence electrons. The van der Waals surface area contributed by atoms with Crippen molar-refractivity contribution in [3.05, 3.63) is 40.3 Å². The van der Waals surface area contributed by atoms with Crippen LogP contribution in [0.1, 0.15) is 11.5 Å². The normalized spacial score (nSPS) is 18.7. The maximum Gasteiger partial charge on any atom is 0.293 e. The van der Waals surface area contributed by atoms with E-state index in [1.807, 2.05) is 24.9 Å². The van der Waals surface area contributed by atoms with Crippen LogP contribution in [0.15, 0.2) is 27.8 Å². The molecule has 2 aromatic heterocycles. The number of hydrogen-bond acceptors (Lipinski definition) is 7. The summed E-state index contributed by atoms with van der Waals surface area (Å²) in [5.74, 6) is 1.26. The first-order valence-electron chi connectivity index (χ1n) is 8.02. The average Bonchev–Trinajstić information content (AvgIpc) is 2.95. The summed E-state index contributed by atoms with van der Waals surface area (Å²) in [6, 6.07) is 1.95. The van der Waals surface area contributed by atoms with Crippen LogP contribution in [0.25, 0.3) is 0 Å². The van der Waals surface area contributed by atoms with Gasteiger partial charge in [0.05, 0.1) is 18.4 Å². The SMILES string of the molecule is Cc1cc(CN2CCO[C@H](CN(C)c3nccn(C)c3=O)C2)no1. The van der Waals surface area contributed by atoms with Crippen LogP contribution in [0.4, 0.5) is 5.82 Å². The van der Waals surface area contributed by atoms with Gasteiger partial charge in [0, 0.05) is 58.7 Å². The van der Waals surface area contributed by atoms with Gasteiger partial charge in [-0.2, -0.15) is 0 Å². The molecular formula is C16H23N5O3. The van der Waals surface area contributed by atoms with E-state index in [0.29, 0.717) is 19.0 Å². The van der Waals surface area contributed by atoms with Crippen molar-refractivity contribution in [2.75, 3.05) is 38.2 Å². The van der Waals surface area contributed by atoms with Crippen LogP contribution in [0, 0.1) is 6.92 Å². The summed E-state index contributed by atoms with van der Waals surface area (Å²) < 4.78 is 12.5. The maximum atomic E-state index is 12.1. The molecule has 8 heteroatoms. The predicted octanol–water partition coefficient (Wildman–Crippen LogP) is 0.414. The van der Waals surface area contributed by atoms with Crippen LogP contribution in [-0.4, -0.2) is 59.0 Å². The third-order valence-electron chi connectivity index (χ3n) is 4.12. The van der Waals surface area contributed by atoms with Gasteiger partial charge in [0.25, 0.3) is 5.56 Å². The lowest BCUT2D eigenvalue weighted by atomic mass is 10.2. The number of hydrogen-bond donors (Lipinski definition) is 0. The topological polar surface area (TPSA) is 76.6 Å². The Morgan fingerprint density at radius 1 is 1.46 bits per heavy atom. The highest BCUT2D eigenvalue weighted by Crippen LogP contribution is 2.12. The van der Waals surface area contributed by atoms with E-state index in [9.17, 15) is 4.79 Å². The number of morpholine rings is 1. The van der Waals surface area contributed by atoms with E-state index < -0.39 is 0 Å². The molecule has 0 radical (unpaired) electrons. The number of likely N-dealkylation sites (N-methyl/N-ethyl adjacent to an activating group) is 1. The summed E-state index contributed by atoms with van der Waals surface area (Å²) in [6.07, 6.45) is 3.30. The summed E-state index contributed by atoms with van der Waals surface area (Å²) in [5.41, 5.74) is 0.825. The van der Waals surface area contributed by atoms with Crippen molar-refractivity contribution in [1.29, 1.82) is 0 Å². The first kappa shape index (κ1) is 16.7. The second-order valence-electron chi connectivity index (χ2n) is 6.20. The number of aromatic nitrogens is 3. The van der Waals surface area contributed by atoms with E-state index in [4.69, 9.17) is 9.26 Å². The standard InChI is InChI=1S/C16H23N5O3/c1-12-8-13(18-24-12)9-21-6-7-23-14(11-21)10-20(3)15-16(22)19(2)5-4-17-15/h4-5,8,14H,6-7,9-11H2,1-3H3/t14-/m1/s1. The largest absolute Gasteiger partial charge is 0.374 e. The van der Waals surface area contributed by atoms with Crippen molar-refractivity contribution < 1.29 is 9.26 Å². The van der Waals surface area contributed by atoms with Crippen molar-refractivity contribution in [2.24, 2.45) is 7.05 Å². The lowest BCUT2D eigenvalue weighted by Crippen LogP contribution is -2.47. The summed E-state index contributed by atoms with van der Waals surface area (Å²) in [5, 5.41) is 4.04. The zero-order chi connectivity index (χ0) is 17.1. The van der Waals surface area contributed by atoms with Crippen LogP contribution in [0.3, 0.4) is 0 Å². The molecule has 8 nitrogen and oxygen atoms in total. The van der Waals surface area contributed by atoms with Gasteiger partial charge in [0.1, 0.15) is 5.76 Å². The Bertz CT molecular complexity index is 741. The molecule has 0 amide bonds. The van der Waals surface area contributed by atoms with Crippen molar-refractivity contribution in [1.82, 2.24) is 19.6 Å². The summed E-state index contributed by atoms with van der Waals surface area (Å²) in [7, 11) is 3.59. The predicted molar refractivity (Wildman–Crippen MR) is 89.0 cm³/mol. The monoisotopic (exact) mass is 333 g/mol. The fourth-order valence-electron chi connectivity index (χ4n) is 2.89. The molecule has 1 fully saturated rings. The number of nitrogens with zero attached hydrogens (tertiary/aromatic N) is 5. The molecule has 0 aliphatic carbocycles. The van der Waals surface area contributed by atoms with Crippen LogP contribution < -0.4 is 10.5 Å². The quantitative estimate of drug-likeness (QED) is 0.784. The minimum absolute atomic E-state index is 0.0171. The summed E-state index contributed by atoms with van der Waals surface area (Å²) in [4.78, 5) is 20.5. The smallest absolute Gasteiger partial charge is 0.293 e. The van der Waals surface area contributed by atoms with Gasteiger partial charge in [-0.15, -0.1) is 0 Å². The molecule has 0 unspecified atom stereocenters. The zero-order valence-electron chi connectivity index (χ0n) is 14.3. The van der Waals surface area contributed by atoms with Gasteiger partial charge in [-0.05, 0) is 6.92 Å². The molecule has 2 aromatic rings. The minimum Gasteiger partial charge on any atom is -0.374 e. The van der Waals surface area contributed by atoms with E-state index in [-0.39, 0.29) is 11.7 Å². The molecule has 0 N–H and O–H groups in total. The van der Waals surface area contributed by atoms with Gasteiger partial charge in [-0.3, -0.25) is 9.69 Å². The molecule has 0 saturated carbocycles. The second-order valence-corrected chi connectivity index (χ2v) is 6.20. The van der Waals surface area contributed by atoms with Gasteiger partial charge in [-0.25, -0.2) is 4.98 Å². The van der Waals surface area contributed by atoms with Gasteiger partial charge in [0.15, 0.2) is 5.82 Å². The van der Waals surface area contributed by atoms with Crippen molar-refractivity contribution in [3.8, 4) is 0 Å². The molecule has 0 spiro atoms. The van der Waals surface area contributed by atoms with Gasteiger partial charge in [-0.1, -0.05) is 5.16 Å². The lowest BCUT2D eigenvalue weighted by molar-refractivity contribution is -0.0271. The lowest BCUT2D eigenvalue weighted by Gasteiger charge is -2.34. The first-order valence-corrected chi connectivity index (χ1v) is 8.02. The number of rotatable bonds is 5. The third-order valence-corrected chi connectivity index (χ3v) is 4.12. The molecule has 3 rings (SSSR count). The third kappa shape index (κ3) is 3.82. The van der Waals surface area contributed by atoms with Crippen molar-refractivity contribution >= 4 is 5.82 Å². The Balaban J connectivity index is 1.60. The van der Waals surface area contributed by atoms with E-state index in [2.05, 4.69) is 15.0 Å². The average molecular weight is 333 g/mol. The summed E-state index contributed by atoms with van der Waals surface area (Å²) >= 11 is 0. The molecule has 1 aliphatic rings. The van der Waals surface area contributed by atoms with Crippen LogP contribution in [-0.2, 0) is 18.3 Å². The molecular weight excluding hydrogens is 310 g/mol. The number of anilines is 1. The zero-order valence-corrected chi connectivity index (χ0v) is 14.3. The Hall–Kier alpha value is -2.19. The van der Waals surface area contributed by atoms with Crippen LogP contribution in [0.5, 0.6) is 0 Å². The van der Waals surface area contributed by atoms with E-state index >= 15 is 0 Å². The van der Waals surface area contributed by atoms with Gasteiger partial charge < -0.3 is 18.7 Å². The molecule has 0 aromatic carbocycles. The van der Waals surface area contributed by atoms with Gasteiger partial charge in [0.2, 0.25) is 0 Å². The maximum absolute atomic E-state index is 12.1. The number of aryl methyl sites for hydroxylation is 2. The molecule has 1 atom stereocenters. The van der Waals surface area contributed by atoms with Crippen molar-refractivity contribution in [3.63, 3.8) is 0 Å². The van der Waals surface area contributed by atoms with Crippen LogP contribution in [0.2, 0.25) is 0 Å². The highest BCUT2D eigenvalue weighted by molar-refractivity contribution is 5.34. The fraction of sp³-hybridized carbons (Fsp3) is 0.562. The van der Waals surface area contributed by atoms with Crippen LogP contribution >= 0.6 is 0 Å². The molecule has 3 heterocycles. The molecule has 24 heavy (non-hydrogen) atoms. The number of ether oxygens (including phenoxy) is 1. The van der Waals surface area contributed by atoms with Gasteiger partial charge >= 0.3 is 0 Å². The molecule has 0 bridgehead atoms. The second kappa shape index (κ2) is 7.14. The van der Waals surface area contributed by atoms with E-state index in [0.717, 1.165) is 31.1 Å². The highest BCUT2D eigenvalue weighted by atomic mass is 16.5. The fourth-order valence-corrected chi connectivity index (χ4v) is 2.89. The first-order chi connectivity index (χ1) is 11.5. The Kier molecular flexibility index (Phi) is 4.96. The van der Waals surface area contributed by atoms with E-state index in [1.165, 1.54) is 4.57 Å². The Morgan fingerprint density at radius 2 is 2.29 bits per heavy atom. The van der Waals surface area contributed by atoms with Crippen molar-refractivity contribution in [2.45, 2.75) is 19.6 Å².